The summed E-state index contributed by atoms with van der Waals surface area (Å²) in [6.07, 6.45) is 5.36. The van der Waals surface area contributed by atoms with Crippen LogP contribution in [0.4, 0.5) is 11.4 Å². The molecule has 0 saturated carbocycles. The topological polar surface area (TPSA) is 3.24 Å². The largest absolute Gasteiger partial charge is 0.340 e. The molecular weight excluding hydrogens is 254 g/mol. The van der Waals surface area contributed by atoms with Gasteiger partial charge < -0.3 is 4.90 Å². The number of rotatable bonds is 3. The van der Waals surface area contributed by atoms with Crippen LogP contribution in [0.2, 0.25) is 0 Å². The number of hydrogen-bond acceptors (Lipinski definition) is 1. The van der Waals surface area contributed by atoms with Gasteiger partial charge in [0.2, 0.25) is 0 Å². The number of nitrogens with zero attached hydrogens (tertiary/aromatic N) is 1. The van der Waals surface area contributed by atoms with Crippen LogP contribution in [0.3, 0.4) is 0 Å². The highest BCUT2D eigenvalue weighted by molar-refractivity contribution is 6.17. The van der Waals surface area contributed by atoms with Crippen molar-refractivity contribution in [2.45, 2.75) is 6.42 Å². The third kappa shape index (κ3) is 2.39. The summed E-state index contributed by atoms with van der Waals surface area (Å²) in [6, 6.07) is 17.0. The molecule has 0 bridgehead atoms. The molecule has 1 aliphatic heterocycles. The van der Waals surface area contributed by atoms with Crippen LogP contribution in [0.15, 0.2) is 48.5 Å². The van der Waals surface area contributed by atoms with Crippen LogP contribution in [0, 0.1) is 0 Å². The Labute approximate surface area is 119 Å². The molecule has 0 saturated heterocycles. The lowest BCUT2D eigenvalue weighted by molar-refractivity contribution is 0.890. The van der Waals surface area contributed by atoms with Crippen LogP contribution in [-0.4, -0.2) is 12.4 Å². The van der Waals surface area contributed by atoms with E-state index in [1.807, 2.05) is 0 Å². The maximum Gasteiger partial charge on any atom is 0.0484 e. The maximum atomic E-state index is 5.87. The third-order valence-electron chi connectivity index (χ3n) is 3.41. The molecule has 0 radical (unpaired) electrons. The summed E-state index contributed by atoms with van der Waals surface area (Å²) in [5, 5.41) is 0. The van der Waals surface area contributed by atoms with Crippen LogP contribution in [0.5, 0.6) is 0 Å². The van der Waals surface area contributed by atoms with E-state index >= 15 is 0 Å². The minimum atomic E-state index is 0.689. The molecule has 1 nitrogen and oxygen atoms in total. The summed E-state index contributed by atoms with van der Waals surface area (Å²) >= 11 is 5.87. The molecule has 2 aromatic carbocycles. The van der Waals surface area contributed by atoms with Gasteiger partial charge in [-0.2, -0.15) is 0 Å². The summed E-state index contributed by atoms with van der Waals surface area (Å²) in [6.45, 7) is 0.944. The Morgan fingerprint density at radius 3 is 1.84 bits per heavy atom. The number of anilines is 2. The van der Waals surface area contributed by atoms with Gasteiger partial charge in [0.15, 0.2) is 0 Å². The molecule has 0 unspecified atom stereocenters. The van der Waals surface area contributed by atoms with Crippen molar-refractivity contribution in [1.82, 2.24) is 0 Å². The zero-order valence-corrected chi connectivity index (χ0v) is 11.5. The molecule has 0 N–H and O–H groups in total. The van der Waals surface area contributed by atoms with Gasteiger partial charge in [-0.05, 0) is 29.7 Å². The molecule has 1 aliphatic rings. The second kappa shape index (κ2) is 5.50. The molecule has 0 amide bonds. The highest BCUT2D eigenvalue weighted by atomic mass is 35.5. The summed E-state index contributed by atoms with van der Waals surface area (Å²) in [7, 11) is 0. The lowest BCUT2D eigenvalue weighted by Gasteiger charge is -2.26. The zero-order valence-electron chi connectivity index (χ0n) is 10.7. The number of hydrogen-bond donors (Lipinski definition) is 0. The molecule has 19 heavy (non-hydrogen) atoms. The quantitative estimate of drug-likeness (QED) is 0.714. The van der Waals surface area contributed by atoms with E-state index in [1.165, 1.54) is 22.5 Å². The summed E-state index contributed by atoms with van der Waals surface area (Å²) in [4.78, 5) is 2.37. The summed E-state index contributed by atoms with van der Waals surface area (Å²) < 4.78 is 0. The highest BCUT2D eigenvalue weighted by Crippen LogP contribution is 2.35. The average Bonchev–Trinajstić information content (AvgIpc) is 2.62. The van der Waals surface area contributed by atoms with Crippen LogP contribution in [0.25, 0.3) is 12.2 Å². The van der Waals surface area contributed by atoms with E-state index in [1.54, 1.807) is 0 Å². The van der Waals surface area contributed by atoms with E-state index in [-0.39, 0.29) is 0 Å². The van der Waals surface area contributed by atoms with E-state index in [9.17, 15) is 0 Å². The molecule has 2 heteroatoms. The first kappa shape index (κ1) is 12.3. The van der Waals surface area contributed by atoms with E-state index in [2.05, 4.69) is 65.6 Å². The number of alkyl halides is 1. The van der Waals surface area contributed by atoms with Crippen molar-refractivity contribution in [3.63, 3.8) is 0 Å². The van der Waals surface area contributed by atoms with E-state index in [4.69, 9.17) is 11.6 Å². The molecule has 96 valence electrons. The van der Waals surface area contributed by atoms with Crippen LogP contribution in [-0.2, 0) is 0 Å². The van der Waals surface area contributed by atoms with Gasteiger partial charge in [-0.3, -0.25) is 0 Å². The Hall–Kier alpha value is -1.73. The van der Waals surface area contributed by atoms with Crippen molar-refractivity contribution < 1.29 is 0 Å². The highest BCUT2D eigenvalue weighted by Gasteiger charge is 2.16. The van der Waals surface area contributed by atoms with E-state index < -0.39 is 0 Å². The molecule has 0 aromatic heterocycles. The Balaban J connectivity index is 2.12. The Kier molecular flexibility index (Phi) is 3.56. The van der Waals surface area contributed by atoms with Crippen molar-refractivity contribution in [1.29, 1.82) is 0 Å². The monoisotopic (exact) mass is 269 g/mol. The Bertz CT molecular complexity index is 554. The Morgan fingerprint density at radius 1 is 0.789 bits per heavy atom. The van der Waals surface area contributed by atoms with Crippen molar-refractivity contribution in [2.75, 3.05) is 17.3 Å². The van der Waals surface area contributed by atoms with Gasteiger partial charge in [-0.25, -0.2) is 0 Å². The van der Waals surface area contributed by atoms with Crippen LogP contribution >= 0.6 is 11.6 Å². The van der Waals surface area contributed by atoms with Crippen molar-refractivity contribution in [2.24, 2.45) is 0 Å². The number of para-hydroxylation sites is 2. The first-order chi connectivity index (χ1) is 9.40. The smallest absolute Gasteiger partial charge is 0.0484 e. The third-order valence-corrected chi connectivity index (χ3v) is 3.68. The predicted octanol–water partition coefficient (Wildman–Crippen LogP) is 4.94. The fourth-order valence-corrected chi connectivity index (χ4v) is 2.64. The van der Waals surface area contributed by atoms with E-state index in [0.29, 0.717) is 5.88 Å². The molecule has 0 spiro atoms. The van der Waals surface area contributed by atoms with Gasteiger partial charge in [-0.1, -0.05) is 48.6 Å². The van der Waals surface area contributed by atoms with Gasteiger partial charge in [-0.15, -0.1) is 11.6 Å². The summed E-state index contributed by atoms with van der Waals surface area (Å²) in [5.74, 6) is 0.689. The van der Waals surface area contributed by atoms with Gasteiger partial charge in [0.25, 0.3) is 0 Å². The normalized spacial score (nSPS) is 12.8. The first-order valence-electron chi connectivity index (χ1n) is 6.60. The van der Waals surface area contributed by atoms with E-state index in [0.717, 1.165) is 13.0 Å². The molecule has 1 heterocycles. The SMILES string of the molecule is ClCCCN1c2ccccc2C=Cc2ccccc21. The molecule has 0 atom stereocenters. The average molecular weight is 270 g/mol. The minimum absolute atomic E-state index is 0.689. The summed E-state index contributed by atoms with van der Waals surface area (Å²) in [5.41, 5.74) is 5.03. The fourth-order valence-electron chi connectivity index (χ4n) is 2.52. The van der Waals surface area contributed by atoms with Gasteiger partial charge in [0.05, 0.1) is 0 Å². The fraction of sp³-hybridized carbons (Fsp3) is 0.176. The maximum absolute atomic E-state index is 5.87. The second-order valence-electron chi connectivity index (χ2n) is 4.65. The molecule has 2 aromatic rings. The lowest BCUT2D eigenvalue weighted by Crippen LogP contribution is -2.19. The predicted molar refractivity (Wildman–Crippen MR) is 84.2 cm³/mol. The van der Waals surface area contributed by atoms with Gasteiger partial charge in [0, 0.05) is 23.8 Å². The minimum Gasteiger partial charge on any atom is -0.340 e. The van der Waals surface area contributed by atoms with Crippen molar-refractivity contribution in [3.8, 4) is 0 Å². The van der Waals surface area contributed by atoms with Crippen LogP contribution in [0.1, 0.15) is 17.5 Å². The standard InChI is InChI=1S/C17H16ClN/c18-12-5-13-19-16-8-3-1-6-14(16)10-11-15-7-2-4-9-17(15)19/h1-4,6-11H,5,12-13H2. The van der Waals surface area contributed by atoms with Crippen LogP contribution < -0.4 is 4.90 Å². The van der Waals surface area contributed by atoms with Gasteiger partial charge in [0.1, 0.15) is 0 Å². The molecule has 0 aliphatic carbocycles. The second-order valence-corrected chi connectivity index (χ2v) is 5.02. The Morgan fingerprint density at radius 2 is 1.32 bits per heavy atom. The first-order valence-corrected chi connectivity index (χ1v) is 7.13. The molecular formula is C17H16ClN. The number of fused-ring (bicyclic) bond motifs is 2. The number of benzene rings is 2. The van der Waals surface area contributed by atoms with Gasteiger partial charge >= 0.3 is 0 Å². The van der Waals surface area contributed by atoms with Crippen molar-refractivity contribution >= 4 is 35.1 Å². The zero-order chi connectivity index (χ0) is 13.1. The van der Waals surface area contributed by atoms with Crippen molar-refractivity contribution in [3.05, 3.63) is 59.7 Å². The molecule has 0 fully saturated rings. The number of halogens is 1. The molecule has 3 rings (SSSR count). The lowest BCUT2D eigenvalue weighted by atomic mass is 10.1.